The monoisotopic (exact) mass is 281 g/mol. The van der Waals surface area contributed by atoms with Crippen molar-refractivity contribution in [1.82, 2.24) is 15.1 Å². The fraction of sp³-hybridized carbons (Fsp3) is 0.500. The maximum absolute atomic E-state index is 6.28. The van der Waals surface area contributed by atoms with Crippen LogP contribution < -0.4 is 5.32 Å². The SMILES string of the molecule is CCn1nc(C)c(Cl)c1CNC(C)Cc1ccco1. The molecule has 5 heteroatoms. The van der Waals surface area contributed by atoms with Crippen molar-refractivity contribution in [3.05, 3.63) is 40.6 Å². The molecule has 0 amide bonds. The van der Waals surface area contributed by atoms with Gasteiger partial charge >= 0.3 is 0 Å². The molecule has 0 aliphatic rings. The molecular formula is C14H20ClN3O. The first-order valence-corrected chi connectivity index (χ1v) is 6.97. The van der Waals surface area contributed by atoms with Crippen LogP contribution in [0.2, 0.25) is 5.02 Å². The third kappa shape index (κ3) is 3.39. The Hall–Kier alpha value is -1.26. The van der Waals surface area contributed by atoms with E-state index in [9.17, 15) is 0 Å². The van der Waals surface area contributed by atoms with Crippen LogP contribution in [0.25, 0.3) is 0 Å². The molecule has 4 nitrogen and oxygen atoms in total. The summed E-state index contributed by atoms with van der Waals surface area (Å²) < 4.78 is 7.29. The van der Waals surface area contributed by atoms with Gasteiger partial charge in [0.1, 0.15) is 5.76 Å². The van der Waals surface area contributed by atoms with Gasteiger partial charge in [-0.3, -0.25) is 4.68 Å². The predicted molar refractivity (Wildman–Crippen MR) is 76.4 cm³/mol. The zero-order chi connectivity index (χ0) is 13.8. The zero-order valence-electron chi connectivity index (χ0n) is 11.6. The van der Waals surface area contributed by atoms with Gasteiger partial charge in [-0.15, -0.1) is 0 Å². The molecule has 104 valence electrons. The Morgan fingerprint density at radius 3 is 2.95 bits per heavy atom. The average Bonchev–Trinajstić information content (AvgIpc) is 2.97. The lowest BCUT2D eigenvalue weighted by molar-refractivity contribution is 0.449. The van der Waals surface area contributed by atoms with E-state index in [1.54, 1.807) is 6.26 Å². The molecule has 0 aliphatic heterocycles. The second-order valence-electron chi connectivity index (χ2n) is 4.73. The van der Waals surface area contributed by atoms with Gasteiger partial charge < -0.3 is 9.73 Å². The number of nitrogens with one attached hydrogen (secondary N) is 1. The Morgan fingerprint density at radius 2 is 2.32 bits per heavy atom. The fourth-order valence-electron chi connectivity index (χ4n) is 2.11. The van der Waals surface area contributed by atoms with Crippen molar-refractivity contribution in [2.75, 3.05) is 0 Å². The molecule has 1 atom stereocenters. The summed E-state index contributed by atoms with van der Waals surface area (Å²) in [5.74, 6) is 0.992. The van der Waals surface area contributed by atoms with Gasteiger partial charge in [-0.2, -0.15) is 5.10 Å². The molecule has 2 aromatic rings. The zero-order valence-corrected chi connectivity index (χ0v) is 12.4. The van der Waals surface area contributed by atoms with Gasteiger partial charge in [0.05, 0.1) is 22.7 Å². The Kier molecular flexibility index (Phi) is 4.66. The van der Waals surface area contributed by atoms with Crippen LogP contribution in [0.15, 0.2) is 22.8 Å². The van der Waals surface area contributed by atoms with Crippen LogP contribution in [0.1, 0.15) is 31.0 Å². The first-order valence-electron chi connectivity index (χ1n) is 6.59. The van der Waals surface area contributed by atoms with E-state index in [1.165, 1.54) is 0 Å². The van der Waals surface area contributed by atoms with Crippen molar-refractivity contribution >= 4 is 11.6 Å². The summed E-state index contributed by atoms with van der Waals surface area (Å²) >= 11 is 6.28. The second-order valence-corrected chi connectivity index (χ2v) is 5.11. The van der Waals surface area contributed by atoms with Crippen LogP contribution in [0, 0.1) is 6.92 Å². The molecule has 1 unspecified atom stereocenters. The first kappa shape index (κ1) is 14.2. The summed E-state index contributed by atoms with van der Waals surface area (Å²) in [6, 6.07) is 4.22. The highest BCUT2D eigenvalue weighted by Crippen LogP contribution is 2.20. The highest BCUT2D eigenvalue weighted by molar-refractivity contribution is 6.31. The molecule has 1 N–H and O–H groups in total. The van der Waals surface area contributed by atoms with E-state index in [-0.39, 0.29) is 0 Å². The molecule has 0 aromatic carbocycles. The fourth-order valence-corrected chi connectivity index (χ4v) is 2.31. The van der Waals surface area contributed by atoms with E-state index >= 15 is 0 Å². The Balaban J connectivity index is 1.95. The predicted octanol–water partition coefficient (Wildman–Crippen LogP) is 3.18. The lowest BCUT2D eigenvalue weighted by atomic mass is 10.2. The van der Waals surface area contributed by atoms with E-state index in [2.05, 4.69) is 24.3 Å². The number of aryl methyl sites for hydroxylation is 2. The van der Waals surface area contributed by atoms with Gasteiger partial charge in [-0.1, -0.05) is 11.6 Å². The first-order chi connectivity index (χ1) is 9.11. The molecule has 0 fully saturated rings. The molecule has 0 saturated heterocycles. The molecule has 0 spiro atoms. The molecule has 2 rings (SSSR count). The van der Waals surface area contributed by atoms with E-state index in [4.69, 9.17) is 16.0 Å². The van der Waals surface area contributed by atoms with Crippen LogP contribution >= 0.6 is 11.6 Å². The molecule has 2 heterocycles. The average molecular weight is 282 g/mol. The van der Waals surface area contributed by atoms with Crippen molar-refractivity contribution in [1.29, 1.82) is 0 Å². The van der Waals surface area contributed by atoms with Gasteiger partial charge in [-0.05, 0) is 32.9 Å². The van der Waals surface area contributed by atoms with E-state index in [1.807, 2.05) is 23.7 Å². The summed E-state index contributed by atoms with van der Waals surface area (Å²) in [7, 11) is 0. The van der Waals surface area contributed by atoms with Gasteiger partial charge in [0.15, 0.2) is 0 Å². The summed E-state index contributed by atoms with van der Waals surface area (Å²) in [5.41, 5.74) is 1.94. The molecule has 0 saturated carbocycles. The van der Waals surface area contributed by atoms with E-state index in [0.29, 0.717) is 6.04 Å². The van der Waals surface area contributed by atoms with Crippen LogP contribution in [-0.4, -0.2) is 15.8 Å². The third-order valence-corrected chi connectivity index (χ3v) is 3.65. The van der Waals surface area contributed by atoms with E-state index in [0.717, 1.165) is 41.7 Å². The number of halogens is 1. The Labute approximate surface area is 118 Å². The quantitative estimate of drug-likeness (QED) is 0.884. The molecule has 0 bridgehead atoms. The summed E-state index contributed by atoms with van der Waals surface area (Å²) in [4.78, 5) is 0. The lowest BCUT2D eigenvalue weighted by Gasteiger charge is -2.13. The summed E-state index contributed by atoms with van der Waals surface area (Å²) in [5, 5.41) is 8.63. The molecule has 2 aromatic heterocycles. The van der Waals surface area contributed by atoms with Crippen molar-refractivity contribution in [2.45, 2.75) is 46.3 Å². The minimum Gasteiger partial charge on any atom is -0.469 e. The van der Waals surface area contributed by atoms with Gasteiger partial charge in [0.25, 0.3) is 0 Å². The van der Waals surface area contributed by atoms with Crippen molar-refractivity contribution in [3.63, 3.8) is 0 Å². The minimum atomic E-state index is 0.322. The van der Waals surface area contributed by atoms with Gasteiger partial charge in [-0.25, -0.2) is 0 Å². The van der Waals surface area contributed by atoms with Crippen molar-refractivity contribution in [3.8, 4) is 0 Å². The molecular weight excluding hydrogens is 262 g/mol. The van der Waals surface area contributed by atoms with Crippen LogP contribution in [0.4, 0.5) is 0 Å². The summed E-state index contributed by atoms with van der Waals surface area (Å²) in [6.45, 7) is 7.69. The Morgan fingerprint density at radius 1 is 1.53 bits per heavy atom. The number of hydrogen-bond acceptors (Lipinski definition) is 3. The third-order valence-electron chi connectivity index (χ3n) is 3.16. The normalized spacial score (nSPS) is 12.8. The largest absolute Gasteiger partial charge is 0.469 e. The van der Waals surface area contributed by atoms with Gasteiger partial charge in [0, 0.05) is 25.6 Å². The minimum absolute atomic E-state index is 0.322. The number of furan rings is 1. The summed E-state index contributed by atoms with van der Waals surface area (Å²) in [6.07, 6.45) is 2.57. The Bertz CT molecular complexity index is 519. The highest BCUT2D eigenvalue weighted by Gasteiger charge is 2.13. The molecule has 19 heavy (non-hydrogen) atoms. The van der Waals surface area contributed by atoms with Crippen LogP contribution in [-0.2, 0) is 19.5 Å². The van der Waals surface area contributed by atoms with Crippen molar-refractivity contribution < 1.29 is 4.42 Å². The van der Waals surface area contributed by atoms with Gasteiger partial charge in [0.2, 0.25) is 0 Å². The maximum Gasteiger partial charge on any atom is 0.105 e. The maximum atomic E-state index is 6.28. The topological polar surface area (TPSA) is 43.0 Å². The number of nitrogens with zero attached hydrogens (tertiary/aromatic N) is 2. The molecule has 0 radical (unpaired) electrons. The second kappa shape index (κ2) is 6.26. The highest BCUT2D eigenvalue weighted by atomic mass is 35.5. The number of aromatic nitrogens is 2. The number of hydrogen-bond donors (Lipinski definition) is 1. The van der Waals surface area contributed by atoms with E-state index < -0.39 is 0 Å². The number of rotatable bonds is 6. The van der Waals surface area contributed by atoms with Crippen LogP contribution in [0.3, 0.4) is 0 Å². The standard InChI is InChI=1S/C14H20ClN3O/c1-4-18-13(14(15)11(3)17-18)9-16-10(2)8-12-6-5-7-19-12/h5-7,10,16H,4,8-9H2,1-3H3. The lowest BCUT2D eigenvalue weighted by Crippen LogP contribution is -2.28. The van der Waals surface area contributed by atoms with Crippen molar-refractivity contribution in [2.24, 2.45) is 0 Å². The smallest absolute Gasteiger partial charge is 0.105 e. The van der Waals surface area contributed by atoms with Crippen LogP contribution in [0.5, 0.6) is 0 Å². The molecule has 0 aliphatic carbocycles.